The number of hydrogen-bond donors (Lipinski definition) is 0. The summed E-state index contributed by atoms with van der Waals surface area (Å²) in [5.74, 6) is -0.743. The zero-order valence-corrected chi connectivity index (χ0v) is 83.6. The predicted octanol–water partition coefficient (Wildman–Crippen LogP) is 33.1. The summed E-state index contributed by atoms with van der Waals surface area (Å²) in [6.45, 7) is 54.0. The molecular formula is C118H141F3N8Si. The van der Waals surface area contributed by atoms with Gasteiger partial charge in [-0.2, -0.15) is 0 Å². The van der Waals surface area contributed by atoms with Crippen LogP contribution in [0.1, 0.15) is 148 Å². The first-order chi connectivity index (χ1) is 61.1. The van der Waals surface area contributed by atoms with Crippen LogP contribution in [0.25, 0.3) is 4.85 Å². The van der Waals surface area contributed by atoms with E-state index in [1.165, 1.54) is 132 Å². The van der Waals surface area contributed by atoms with Gasteiger partial charge in [0.25, 0.3) is 0 Å². The SMILES string of the molecule is CN(c1ccc(C(C)(C)C)cc1)c1ccc([Si](C)(C)C)cc1.CN(c1ccc(F)cc1)c1ccc(C(C)(C)C)cc1.CN(c1ccc(F)cc1)c1ccc(F)cc1.CN(c1ccccc1)c1ccc(C(C)(C)C)cc1.Cc1ccc(N(C)c2ccc(C(C)(C)C)cc2)cc1.Cc1ccccc1N(C)c1ccccc1C.[C-]#[N+]c1ccc(N(C)c2ccc(C(C)(C)C)cc2)cc1. The van der Waals surface area contributed by atoms with Crippen molar-refractivity contribution in [2.75, 3.05) is 83.6 Å². The standard InChI is InChI=1S/C20H29NSi.C18H20N2.C18H23N.C17H20FN.C17H21N.C15H17N.C13H11F2N/c1-20(2,3)16-8-10-17(11-9-16)21(4)18-12-14-19(15-13-18)22(5,6)7;1-18(2,3)14-6-10-16(11-7-14)20(5)17-12-8-15(19-4)9-13-17;1-14-6-10-16(11-7-14)19(5)17-12-8-15(9-13-17)18(2,3)4;1-17(2,3)13-5-9-15(10-6-13)19(4)16-11-7-14(18)8-12-16;1-17(2,3)14-10-12-16(13-11-14)18(4)15-8-6-5-7-9-15;1-12-8-4-6-10-14(12)16(3)15-11-7-5-9-13(15)2;1-16(12-6-2-10(14)3-7-12)13-8-4-11(15)5-9-13/h8-15H,1-7H3;6-13H,1-3,5H3;6-13H,1-5H3;5-12H,1-4H3;5-13H,1-4H3;4-11H,1-3H3;2-9H,1H3. The van der Waals surface area contributed by atoms with E-state index in [0.717, 1.165) is 34.1 Å². The molecule has 0 atom stereocenters. The fraction of sp³-hybridized carbons (Fsp3) is 0.280. The van der Waals surface area contributed by atoms with Gasteiger partial charge in [0, 0.05) is 129 Å². The summed E-state index contributed by atoms with van der Waals surface area (Å²) >= 11 is 0. The smallest absolute Gasteiger partial charge is 0.187 e. The van der Waals surface area contributed by atoms with E-state index in [-0.39, 0.29) is 44.5 Å². The molecule has 12 heteroatoms. The molecule has 0 fully saturated rings. The van der Waals surface area contributed by atoms with Crippen molar-refractivity contribution >= 4 is 98.6 Å². The Bertz CT molecular complexity index is 5530. The number of nitrogens with zero attached hydrogens (tertiary/aromatic N) is 8. The molecule has 0 saturated carbocycles. The Morgan fingerprint density at radius 3 is 0.615 bits per heavy atom. The Kier molecular flexibility index (Phi) is 36.2. The molecular weight excluding hydrogens is 1610 g/mol. The molecule has 14 aromatic rings. The van der Waals surface area contributed by atoms with Crippen LogP contribution in [0.5, 0.6) is 0 Å². The minimum absolute atomic E-state index is 0.160. The number of rotatable bonds is 15. The average Bonchev–Trinajstić information content (AvgIpc) is 0.841. The Balaban J connectivity index is 0.000000188. The van der Waals surface area contributed by atoms with Gasteiger partial charge >= 0.3 is 0 Å². The highest BCUT2D eigenvalue weighted by molar-refractivity contribution is 6.88. The molecule has 0 unspecified atom stereocenters. The molecule has 130 heavy (non-hydrogen) atoms. The van der Waals surface area contributed by atoms with Crippen molar-refractivity contribution in [3.63, 3.8) is 0 Å². The van der Waals surface area contributed by atoms with Gasteiger partial charge in [0.05, 0.1) is 14.6 Å². The molecule has 0 aromatic heterocycles. The molecule has 678 valence electrons. The monoisotopic (exact) mass is 1760 g/mol. The van der Waals surface area contributed by atoms with Gasteiger partial charge in [-0.3, -0.25) is 0 Å². The lowest BCUT2D eigenvalue weighted by atomic mass is 9.87. The minimum atomic E-state index is -1.22. The summed E-state index contributed by atoms with van der Waals surface area (Å²) in [6, 6.07) is 115. The molecule has 0 aliphatic rings. The zero-order chi connectivity index (χ0) is 95.6. The molecule has 0 heterocycles. The highest BCUT2D eigenvalue weighted by Gasteiger charge is 2.22. The maximum absolute atomic E-state index is 12.9. The fourth-order valence-corrected chi connectivity index (χ4v) is 15.3. The van der Waals surface area contributed by atoms with Crippen LogP contribution >= 0.6 is 0 Å². The van der Waals surface area contributed by atoms with Crippen LogP contribution in [0.15, 0.2) is 346 Å². The molecule has 8 nitrogen and oxygen atoms in total. The topological polar surface area (TPSA) is 27.0 Å². The molecule has 0 aliphatic carbocycles. The van der Waals surface area contributed by atoms with E-state index in [9.17, 15) is 13.2 Å². The number of benzene rings is 14. The summed E-state index contributed by atoms with van der Waals surface area (Å²) in [7, 11) is 13.1. The maximum atomic E-state index is 12.9. The number of halogens is 3. The number of anilines is 14. The summed E-state index contributed by atoms with van der Waals surface area (Å²) in [4.78, 5) is 18.4. The largest absolute Gasteiger partial charge is 0.345 e. The first-order valence-electron chi connectivity index (χ1n) is 44.9. The van der Waals surface area contributed by atoms with Gasteiger partial charge in [0.2, 0.25) is 0 Å². The third-order valence-corrected chi connectivity index (χ3v) is 25.3. The normalized spacial score (nSPS) is 11.2. The van der Waals surface area contributed by atoms with Crippen LogP contribution in [0.2, 0.25) is 19.6 Å². The summed E-state index contributed by atoms with van der Waals surface area (Å²) in [5, 5.41) is 1.51. The molecule has 0 saturated heterocycles. The molecule has 0 radical (unpaired) electrons. The second kappa shape index (κ2) is 45.9. The van der Waals surface area contributed by atoms with E-state index >= 15 is 0 Å². The summed E-state index contributed by atoms with van der Waals surface area (Å²) in [6.07, 6.45) is 0. The van der Waals surface area contributed by atoms with Crippen molar-refractivity contribution in [2.45, 2.75) is 171 Å². The van der Waals surface area contributed by atoms with E-state index in [1.807, 2.05) is 61.3 Å². The zero-order valence-electron chi connectivity index (χ0n) is 82.6. The fourth-order valence-electron chi connectivity index (χ4n) is 14.2. The third kappa shape index (κ3) is 30.7. The van der Waals surface area contributed by atoms with Crippen LogP contribution < -0.4 is 39.5 Å². The molecule has 0 spiro atoms. The Morgan fingerprint density at radius 2 is 0.408 bits per heavy atom. The lowest BCUT2D eigenvalue weighted by Gasteiger charge is -2.24. The van der Waals surface area contributed by atoms with Crippen molar-refractivity contribution in [2.24, 2.45) is 0 Å². The third-order valence-electron chi connectivity index (χ3n) is 23.3. The second-order valence-corrected chi connectivity index (χ2v) is 44.6. The summed E-state index contributed by atoms with van der Waals surface area (Å²) in [5.41, 5.74) is 28.1. The predicted molar refractivity (Wildman–Crippen MR) is 563 cm³/mol. The van der Waals surface area contributed by atoms with Gasteiger partial charge < -0.3 is 34.3 Å². The van der Waals surface area contributed by atoms with E-state index in [2.05, 4.69) is 444 Å². The van der Waals surface area contributed by atoms with E-state index in [0.29, 0.717) is 5.69 Å². The van der Waals surface area contributed by atoms with Gasteiger partial charge in [-0.05, 0) is 281 Å². The van der Waals surface area contributed by atoms with Crippen molar-refractivity contribution in [3.05, 3.63) is 419 Å². The molecule has 14 aromatic carbocycles. The Labute approximate surface area is 780 Å². The lowest BCUT2D eigenvalue weighted by molar-refractivity contribution is 0.590. The van der Waals surface area contributed by atoms with Crippen LogP contribution in [0.4, 0.5) is 98.5 Å². The first-order valence-corrected chi connectivity index (χ1v) is 48.4. The van der Waals surface area contributed by atoms with Gasteiger partial charge in [-0.1, -0.05) is 286 Å². The Morgan fingerprint density at radius 1 is 0.223 bits per heavy atom. The van der Waals surface area contributed by atoms with Gasteiger partial charge in [0.1, 0.15) is 17.5 Å². The number of hydrogen-bond acceptors (Lipinski definition) is 7. The molecule has 0 aliphatic heterocycles. The van der Waals surface area contributed by atoms with E-state index < -0.39 is 8.07 Å². The van der Waals surface area contributed by atoms with Crippen molar-refractivity contribution in [1.82, 2.24) is 0 Å². The minimum Gasteiger partial charge on any atom is -0.345 e. The average molecular weight is 1760 g/mol. The maximum Gasteiger partial charge on any atom is 0.187 e. The summed E-state index contributed by atoms with van der Waals surface area (Å²) < 4.78 is 38.4. The van der Waals surface area contributed by atoms with E-state index in [1.54, 1.807) is 36.4 Å². The van der Waals surface area contributed by atoms with Crippen LogP contribution in [-0.2, 0) is 27.1 Å². The quantitative estimate of drug-likeness (QED) is 0.0746. The lowest BCUT2D eigenvalue weighted by Crippen LogP contribution is -2.37. The van der Waals surface area contributed by atoms with Gasteiger partial charge in [0.15, 0.2) is 5.69 Å². The van der Waals surface area contributed by atoms with Crippen LogP contribution in [0, 0.1) is 44.8 Å². The second-order valence-electron chi connectivity index (χ2n) is 39.5. The highest BCUT2D eigenvalue weighted by atomic mass is 28.3. The molecule has 0 amide bonds. The number of aryl methyl sites for hydroxylation is 3. The molecule has 14 rings (SSSR count). The molecule has 0 bridgehead atoms. The highest BCUT2D eigenvalue weighted by Crippen LogP contribution is 2.36. The van der Waals surface area contributed by atoms with Crippen molar-refractivity contribution in [1.29, 1.82) is 0 Å². The van der Waals surface area contributed by atoms with Gasteiger partial charge in [-0.25, -0.2) is 18.0 Å². The van der Waals surface area contributed by atoms with E-state index in [4.69, 9.17) is 6.57 Å². The number of para-hydroxylation sites is 3. The first kappa shape index (κ1) is 103. The van der Waals surface area contributed by atoms with Crippen LogP contribution in [-0.4, -0.2) is 57.4 Å². The Hall–Kier alpha value is -12.8. The van der Waals surface area contributed by atoms with Crippen molar-refractivity contribution in [3.8, 4) is 0 Å². The van der Waals surface area contributed by atoms with Gasteiger partial charge in [-0.15, -0.1) is 0 Å². The van der Waals surface area contributed by atoms with Crippen molar-refractivity contribution < 1.29 is 13.2 Å². The molecule has 0 N–H and O–H groups in total. The van der Waals surface area contributed by atoms with Crippen LogP contribution in [0.3, 0.4) is 0 Å².